The summed E-state index contributed by atoms with van der Waals surface area (Å²) >= 11 is 0. The molecule has 3 aromatic carbocycles. The standard InChI is InChI=1S/C30H33FO6/c1-28(2)36-25-26(37-28)29(31,20-32)24(35-27(25)33-3)19-34-30(21-13-7-4-8-14-21,22-15-9-5-10-16-22)23-17-11-6-12-18-23/h4-18,24-27,32H,19-20H2,1-3H3/t24-,25+,26-,27+,29-/m1/s1. The molecule has 0 spiro atoms. The van der Waals surface area contributed by atoms with Crippen LogP contribution in [-0.2, 0) is 29.3 Å². The first-order chi connectivity index (χ1) is 17.8. The topological polar surface area (TPSA) is 66.4 Å². The lowest BCUT2D eigenvalue weighted by atomic mass is 9.79. The first-order valence-corrected chi connectivity index (χ1v) is 12.5. The number of aliphatic hydroxyl groups excluding tert-OH is 1. The highest BCUT2D eigenvalue weighted by Crippen LogP contribution is 2.46. The number of methoxy groups -OCH3 is 1. The second kappa shape index (κ2) is 10.3. The summed E-state index contributed by atoms with van der Waals surface area (Å²) in [6.45, 7) is 2.38. The van der Waals surface area contributed by atoms with Crippen molar-refractivity contribution in [3.05, 3.63) is 108 Å². The molecule has 2 aliphatic heterocycles. The smallest absolute Gasteiger partial charge is 0.190 e. The highest BCUT2D eigenvalue weighted by atomic mass is 19.1. The predicted molar refractivity (Wildman–Crippen MR) is 136 cm³/mol. The first-order valence-electron chi connectivity index (χ1n) is 12.5. The molecule has 5 rings (SSSR count). The van der Waals surface area contributed by atoms with Gasteiger partial charge in [-0.05, 0) is 30.5 Å². The van der Waals surface area contributed by atoms with E-state index in [0.717, 1.165) is 16.7 Å². The lowest BCUT2D eigenvalue weighted by Gasteiger charge is -2.46. The van der Waals surface area contributed by atoms with Gasteiger partial charge in [-0.3, -0.25) is 0 Å². The summed E-state index contributed by atoms with van der Waals surface area (Å²) in [5.41, 5.74) is -0.739. The Morgan fingerprint density at radius 3 is 1.76 bits per heavy atom. The molecule has 0 amide bonds. The summed E-state index contributed by atoms with van der Waals surface area (Å²) in [6.07, 6.45) is -4.03. The van der Waals surface area contributed by atoms with Crippen LogP contribution >= 0.6 is 0 Å². The van der Waals surface area contributed by atoms with Crippen LogP contribution in [0.1, 0.15) is 30.5 Å². The minimum Gasteiger partial charge on any atom is -0.393 e. The summed E-state index contributed by atoms with van der Waals surface area (Å²) in [6, 6.07) is 29.4. The number of ether oxygens (including phenoxy) is 5. The van der Waals surface area contributed by atoms with E-state index in [1.807, 2.05) is 91.0 Å². The Bertz CT molecular complexity index is 1060. The van der Waals surface area contributed by atoms with Gasteiger partial charge in [0.15, 0.2) is 17.7 Å². The van der Waals surface area contributed by atoms with Crippen molar-refractivity contribution in [1.29, 1.82) is 0 Å². The Morgan fingerprint density at radius 1 is 0.838 bits per heavy atom. The number of benzene rings is 3. The number of alkyl halides is 1. The molecule has 5 atom stereocenters. The van der Waals surface area contributed by atoms with Crippen molar-refractivity contribution in [3.63, 3.8) is 0 Å². The Labute approximate surface area is 216 Å². The molecule has 196 valence electrons. The average molecular weight is 509 g/mol. The third-order valence-electron chi connectivity index (χ3n) is 7.17. The van der Waals surface area contributed by atoms with Crippen molar-refractivity contribution in [2.45, 2.75) is 55.5 Å². The SMILES string of the molecule is CO[C@H]1O[C@H](COC(c2ccccc2)(c2ccccc2)c2ccccc2)[C@](F)(CO)[C@@H]2OC(C)(C)O[C@H]12. The summed E-state index contributed by atoms with van der Waals surface area (Å²) in [5, 5.41) is 10.3. The fraction of sp³-hybridized carbons (Fsp3) is 0.400. The minimum absolute atomic E-state index is 0.192. The van der Waals surface area contributed by atoms with E-state index in [2.05, 4.69) is 0 Å². The van der Waals surface area contributed by atoms with E-state index in [-0.39, 0.29) is 6.61 Å². The molecule has 37 heavy (non-hydrogen) atoms. The maximum atomic E-state index is 16.6. The van der Waals surface area contributed by atoms with E-state index in [4.69, 9.17) is 23.7 Å². The van der Waals surface area contributed by atoms with Crippen LogP contribution in [0.3, 0.4) is 0 Å². The van der Waals surface area contributed by atoms with Crippen LogP contribution in [0.25, 0.3) is 0 Å². The predicted octanol–water partition coefficient (Wildman–Crippen LogP) is 4.59. The van der Waals surface area contributed by atoms with Gasteiger partial charge < -0.3 is 28.8 Å². The van der Waals surface area contributed by atoms with Gasteiger partial charge in [-0.25, -0.2) is 4.39 Å². The lowest BCUT2D eigenvalue weighted by molar-refractivity contribution is -0.297. The fourth-order valence-electron chi connectivity index (χ4n) is 5.42. The van der Waals surface area contributed by atoms with Crippen molar-refractivity contribution in [3.8, 4) is 0 Å². The molecule has 0 unspecified atom stereocenters. The molecule has 3 aromatic rings. The van der Waals surface area contributed by atoms with E-state index in [1.165, 1.54) is 7.11 Å². The maximum Gasteiger partial charge on any atom is 0.190 e. The fourth-order valence-corrected chi connectivity index (χ4v) is 5.42. The first kappa shape index (κ1) is 26.0. The molecule has 0 saturated carbocycles. The molecular weight excluding hydrogens is 475 g/mol. The van der Waals surface area contributed by atoms with Crippen LogP contribution in [-0.4, -0.2) is 61.5 Å². The molecule has 7 heteroatoms. The molecule has 2 fully saturated rings. The van der Waals surface area contributed by atoms with E-state index >= 15 is 4.39 Å². The van der Waals surface area contributed by atoms with E-state index in [0.29, 0.717) is 0 Å². The van der Waals surface area contributed by atoms with Crippen LogP contribution in [0.4, 0.5) is 4.39 Å². The second-order valence-electron chi connectivity index (χ2n) is 9.92. The molecule has 0 radical (unpaired) electrons. The summed E-state index contributed by atoms with van der Waals surface area (Å²) in [4.78, 5) is 0. The van der Waals surface area contributed by atoms with Gasteiger partial charge in [-0.1, -0.05) is 91.0 Å². The van der Waals surface area contributed by atoms with E-state index in [9.17, 15) is 5.11 Å². The van der Waals surface area contributed by atoms with Crippen molar-refractivity contribution in [2.75, 3.05) is 20.3 Å². The Morgan fingerprint density at radius 2 is 1.32 bits per heavy atom. The number of hydrogen-bond donors (Lipinski definition) is 1. The molecule has 2 aliphatic rings. The van der Waals surface area contributed by atoms with Crippen molar-refractivity contribution < 1.29 is 33.2 Å². The van der Waals surface area contributed by atoms with Gasteiger partial charge in [0.1, 0.15) is 23.9 Å². The van der Waals surface area contributed by atoms with Crippen molar-refractivity contribution >= 4 is 0 Å². The van der Waals surface area contributed by atoms with Gasteiger partial charge in [-0.15, -0.1) is 0 Å². The van der Waals surface area contributed by atoms with Crippen LogP contribution in [0, 0.1) is 0 Å². The summed E-state index contributed by atoms with van der Waals surface area (Å²) in [7, 11) is 1.47. The molecular formula is C30H33FO6. The molecule has 2 heterocycles. The van der Waals surface area contributed by atoms with E-state index in [1.54, 1.807) is 13.8 Å². The Hall–Kier alpha value is -2.65. The largest absolute Gasteiger partial charge is 0.393 e. The molecule has 0 aliphatic carbocycles. The molecule has 0 aromatic heterocycles. The zero-order chi connectivity index (χ0) is 26.1. The lowest BCUT2D eigenvalue weighted by Crippen LogP contribution is -2.66. The molecule has 6 nitrogen and oxygen atoms in total. The molecule has 0 bridgehead atoms. The zero-order valence-electron chi connectivity index (χ0n) is 21.3. The van der Waals surface area contributed by atoms with Crippen LogP contribution < -0.4 is 0 Å². The maximum absolute atomic E-state index is 16.6. The highest BCUT2D eigenvalue weighted by Gasteiger charge is 2.64. The van der Waals surface area contributed by atoms with Gasteiger partial charge in [-0.2, -0.15) is 0 Å². The number of fused-ring (bicyclic) bond motifs is 1. The average Bonchev–Trinajstić information content (AvgIpc) is 3.28. The van der Waals surface area contributed by atoms with Gasteiger partial charge in [0.2, 0.25) is 0 Å². The van der Waals surface area contributed by atoms with Crippen molar-refractivity contribution in [2.24, 2.45) is 0 Å². The summed E-state index contributed by atoms with van der Waals surface area (Å²) in [5.74, 6) is -1.06. The van der Waals surface area contributed by atoms with Gasteiger partial charge in [0.05, 0.1) is 13.2 Å². The van der Waals surface area contributed by atoms with E-state index < -0.39 is 48.3 Å². The molecule has 1 N–H and O–H groups in total. The normalized spacial score (nSPS) is 29.1. The number of rotatable bonds is 8. The summed E-state index contributed by atoms with van der Waals surface area (Å²) < 4.78 is 46.8. The number of aliphatic hydroxyl groups is 1. The van der Waals surface area contributed by atoms with Gasteiger partial charge in [0, 0.05) is 7.11 Å². The van der Waals surface area contributed by atoms with Crippen LogP contribution in [0.5, 0.6) is 0 Å². The Kier molecular flexibility index (Phi) is 7.20. The highest BCUT2D eigenvalue weighted by molar-refractivity contribution is 5.47. The van der Waals surface area contributed by atoms with Crippen molar-refractivity contribution in [1.82, 2.24) is 0 Å². The molecule has 2 saturated heterocycles. The number of hydrogen-bond acceptors (Lipinski definition) is 6. The van der Waals surface area contributed by atoms with Crippen LogP contribution in [0.2, 0.25) is 0 Å². The minimum atomic E-state index is -2.29. The van der Waals surface area contributed by atoms with Gasteiger partial charge in [0.25, 0.3) is 0 Å². The Balaban J connectivity index is 1.58. The zero-order valence-corrected chi connectivity index (χ0v) is 21.3. The van der Waals surface area contributed by atoms with Crippen LogP contribution in [0.15, 0.2) is 91.0 Å². The third-order valence-corrected chi connectivity index (χ3v) is 7.17. The monoisotopic (exact) mass is 508 g/mol. The third kappa shape index (κ3) is 4.61. The quantitative estimate of drug-likeness (QED) is 0.449. The van der Waals surface area contributed by atoms with Gasteiger partial charge >= 0.3 is 0 Å². The number of halogens is 1. The second-order valence-corrected chi connectivity index (χ2v) is 9.92.